The molecule has 3 atom stereocenters. The Morgan fingerprint density at radius 1 is 1.20 bits per heavy atom. The normalized spacial score (nSPS) is 29.4. The lowest BCUT2D eigenvalue weighted by Crippen LogP contribution is -2.05. The number of hydrogen-bond donors (Lipinski definition) is 0. The largest absolute Gasteiger partial charge is 0.378 e. The number of ether oxygens (including phenoxy) is 2. The van der Waals surface area contributed by atoms with E-state index in [0.29, 0.717) is 18.1 Å². The van der Waals surface area contributed by atoms with Crippen LogP contribution in [0.5, 0.6) is 0 Å². The number of unbranched alkanes of at least 4 members (excludes halogenated alkanes) is 3. The predicted octanol–water partition coefficient (Wildman–Crippen LogP) is 2.78. The molecule has 15 heavy (non-hydrogen) atoms. The van der Waals surface area contributed by atoms with E-state index in [1.165, 1.54) is 25.7 Å². The van der Waals surface area contributed by atoms with E-state index < -0.39 is 0 Å². The molecule has 2 heteroatoms. The summed E-state index contributed by atoms with van der Waals surface area (Å²) in [6.07, 6.45) is 10.3. The molecular weight excluding hydrogens is 188 g/mol. The van der Waals surface area contributed by atoms with Crippen LogP contribution in [0.1, 0.15) is 38.5 Å². The molecule has 0 aromatic carbocycles. The van der Waals surface area contributed by atoms with Crippen LogP contribution in [-0.2, 0) is 9.47 Å². The van der Waals surface area contributed by atoms with Gasteiger partial charge in [-0.15, -0.1) is 0 Å². The molecule has 2 fully saturated rings. The first kappa shape index (κ1) is 11.4. The molecule has 0 amide bonds. The molecule has 0 saturated heterocycles. The minimum absolute atomic E-state index is 0.475. The average molecular weight is 210 g/mol. The molecule has 2 aliphatic rings. The van der Waals surface area contributed by atoms with E-state index in [9.17, 15) is 0 Å². The molecule has 3 unspecified atom stereocenters. The second-order valence-electron chi connectivity index (χ2n) is 4.66. The minimum Gasteiger partial charge on any atom is -0.378 e. The highest BCUT2D eigenvalue weighted by atomic mass is 16.5. The van der Waals surface area contributed by atoms with Gasteiger partial charge in [0.2, 0.25) is 0 Å². The Morgan fingerprint density at radius 3 is 2.80 bits per heavy atom. The first-order chi connectivity index (χ1) is 7.40. The van der Waals surface area contributed by atoms with Crippen LogP contribution in [0.4, 0.5) is 0 Å². The molecule has 0 spiro atoms. The van der Waals surface area contributed by atoms with Crippen LogP contribution in [0.3, 0.4) is 0 Å². The van der Waals surface area contributed by atoms with Crippen molar-refractivity contribution in [3.05, 3.63) is 13.3 Å². The van der Waals surface area contributed by atoms with Crippen LogP contribution in [0.15, 0.2) is 0 Å². The first-order valence-corrected chi connectivity index (χ1v) is 6.26. The third-order valence-corrected chi connectivity index (χ3v) is 3.04. The summed E-state index contributed by atoms with van der Waals surface area (Å²) in [5.74, 6) is 0.687. The van der Waals surface area contributed by atoms with Crippen molar-refractivity contribution in [2.24, 2.45) is 5.92 Å². The van der Waals surface area contributed by atoms with Gasteiger partial charge in [0.25, 0.3) is 0 Å². The molecule has 0 heterocycles. The van der Waals surface area contributed by atoms with Crippen LogP contribution in [-0.4, -0.2) is 25.4 Å². The van der Waals surface area contributed by atoms with Crippen molar-refractivity contribution in [3.63, 3.8) is 0 Å². The fourth-order valence-electron chi connectivity index (χ4n) is 1.73. The van der Waals surface area contributed by atoms with Crippen molar-refractivity contribution >= 4 is 0 Å². The summed E-state index contributed by atoms with van der Waals surface area (Å²) in [6.45, 7) is 5.66. The standard InChI is InChI=1S/C13H22O2/c1-2-3-4-5-8-14-13-9-11(13)10-15-12-6-7-12/h6,11-13H,1-5,7-10H2. The smallest absolute Gasteiger partial charge is 0.0630 e. The second-order valence-corrected chi connectivity index (χ2v) is 4.66. The fourth-order valence-corrected chi connectivity index (χ4v) is 1.73. The molecule has 2 nitrogen and oxygen atoms in total. The van der Waals surface area contributed by atoms with E-state index in [1.54, 1.807) is 0 Å². The maximum Gasteiger partial charge on any atom is 0.0630 e. The maximum absolute atomic E-state index is 5.75. The van der Waals surface area contributed by atoms with Gasteiger partial charge in [-0.25, -0.2) is 0 Å². The van der Waals surface area contributed by atoms with Crippen LogP contribution < -0.4 is 0 Å². The van der Waals surface area contributed by atoms with Gasteiger partial charge >= 0.3 is 0 Å². The molecule has 2 rings (SSSR count). The van der Waals surface area contributed by atoms with E-state index in [-0.39, 0.29) is 0 Å². The highest BCUT2D eigenvalue weighted by Crippen LogP contribution is 2.35. The molecule has 2 aliphatic carbocycles. The SMILES string of the molecule is [CH2]CCCCCOC1CC1COC1[CH]C1. The van der Waals surface area contributed by atoms with Gasteiger partial charge in [0, 0.05) is 12.5 Å². The second kappa shape index (κ2) is 5.86. The molecule has 0 aromatic rings. The van der Waals surface area contributed by atoms with E-state index in [2.05, 4.69) is 13.3 Å². The molecule has 2 saturated carbocycles. The lowest BCUT2D eigenvalue weighted by Gasteiger charge is -2.03. The minimum atomic E-state index is 0.475. The van der Waals surface area contributed by atoms with Crippen molar-refractivity contribution in [1.82, 2.24) is 0 Å². The third kappa shape index (κ3) is 4.52. The Labute approximate surface area is 93.3 Å². The molecule has 86 valence electrons. The Bertz CT molecular complexity index is 177. The van der Waals surface area contributed by atoms with Crippen molar-refractivity contribution in [1.29, 1.82) is 0 Å². The molecule has 0 bridgehead atoms. The van der Waals surface area contributed by atoms with Gasteiger partial charge in [-0.2, -0.15) is 0 Å². The van der Waals surface area contributed by atoms with Gasteiger partial charge in [0.1, 0.15) is 0 Å². The van der Waals surface area contributed by atoms with Crippen molar-refractivity contribution in [2.75, 3.05) is 13.2 Å². The molecule has 0 aromatic heterocycles. The average Bonchev–Trinajstić information content (AvgIpc) is 3.11. The monoisotopic (exact) mass is 210 g/mol. The summed E-state index contributed by atoms with van der Waals surface area (Å²) in [5.41, 5.74) is 0. The molecule has 0 aliphatic heterocycles. The van der Waals surface area contributed by atoms with E-state index >= 15 is 0 Å². The summed E-state index contributed by atoms with van der Waals surface area (Å²) < 4.78 is 11.4. The first-order valence-electron chi connectivity index (χ1n) is 6.26. The van der Waals surface area contributed by atoms with Crippen molar-refractivity contribution in [2.45, 2.75) is 50.7 Å². The lowest BCUT2D eigenvalue weighted by molar-refractivity contribution is 0.0697. The maximum atomic E-state index is 5.75. The van der Waals surface area contributed by atoms with Crippen molar-refractivity contribution in [3.8, 4) is 0 Å². The molecular formula is C13H22O2. The quantitative estimate of drug-likeness (QED) is 0.545. The van der Waals surface area contributed by atoms with Gasteiger partial charge in [-0.05, 0) is 25.7 Å². The van der Waals surface area contributed by atoms with Gasteiger partial charge in [0.15, 0.2) is 0 Å². The zero-order chi connectivity index (χ0) is 10.5. The van der Waals surface area contributed by atoms with Gasteiger partial charge < -0.3 is 9.47 Å². The summed E-state index contributed by atoms with van der Waals surface area (Å²) in [7, 11) is 0. The van der Waals surface area contributed by atoms with E-state index in [4.69, 9.17) is 9.47 Å². The van der Waals surface area contributed by atoms with Crippen LogP contribution in [0.2, 0.25) is 0 Å². The Kier molecular flexibility index (Phi) is 4.45. The Balaban J connectivity index is 1.37. The van der Waals surface area contributed by atoms with Crippen LogP contribution in [0.25, 0.3) is 0 Å². The molecule has 2 radical (unpaired) electrons. The Hall–Kier alpha value is -0.0800. The predicted molar refractivity (Wildman–Crippen MR) is 60.3 cm³/mol. The van der Waals surface area contributed by atoms with E-state index in [0.717, 1.165) is 26.1 Å². The van der Waals surface area contributed by atoms with Gasteiger partial charge in [0.05, 0.1) is 18.8 Å². The third-order valence-electron chi connectivity index (χ3n) is 3.04. The number of hydrogen-bond acceptors (Lipinski definition) is 2. The lowest BCUT2D eigenvalue weighted by atomic mass is 10.2. The highest BCUT2D eigenvalue weighted by molar-refractivity contribution is 4.98. The summed E-state index contributed by atoms with van der Waals surface area (Å²) >= 11 is 0. The van der Waals surface area contributed by atoms with Gasteiger partial charge in [-0.3, -0.25) is 0 Å². The van der Waals surface area contributed by atoms with E-state index in [1.807, 2.05) is 0 Å². The summed E-state index contributed by atoms with van der Waals surface area (Å²) in [6, 6.07) is 0. The fraction of sp³-hybridized carbons (Fsp3) is 0.846. The zero-order valence-electron chi connectivity index (χ0n) is 9.49. The molecule has 0 N–H and O–H groups in total. The zero-order valence-corrected chi connectivity index (χ0v) is 9.49. The summed E-state index contributed by atoms with van der Waals surface area (Å²) in [4.78, 5) is 0. The van der Waals surface area contributed by atoms with Crippen molar-refractivity contribution < 1.29 is 9.47 Å². The van der Waals surface area contributed by atoms with Gasteiger partial charge in [-0.1, -0.05) is 26.2 Å². The number of rotatable bonds is 9. The topological polar surface area (TPSA) is 18.5 Å². The Morgan fingerprint density at radius 2 is 2.07 bits per heavy atom. The summed E-state index contributed by atoms with van der Waals surface area (Å²) in [5, 5.41) is 0. The van der Waals surface area contributed by atoms with Crippen LogP contribution in [0, 0.1) is 19.3 Å². The highest BCUT2D eigenvalue weighted by Gasteiger charge is 2.39. The van der Waals surface area contributed by atoms with Crippen LogP contribution >= 0.6 is 0 Å².